The molecule has 0 bridgehead atoms. The number of hydrogen-bond donors (Lipinski definition) is 0. The van der Waals surface area contributed by atoms with E-state index >= 15 is 0 Å². The largest absolute Gasteiger partial charge is 0.452 e. The summed E-state index contributed by atoms with van der Waals surface area (Å²) < 4.78 is 13.3. The molecule has 0 saturated carbocycles. The van der Waals surface area contributed by atoms with E-state index in [1.54, 1.807) is 0 Å². The van der Waals surface area contributed by atoms with Crippen LogP contribution >= 0.6 is 0 Å². The summed E-state index contributed by atoms with van der Waals surface area (Å²) in [6, 6.07) is 79.6. The van der Waals surface area contributed by atoms with Gasteiger partial charge in [-0.15, -0.1) is 0 Å². The number of para-hydroxylation sites is 1. The van der Waals surface area contributed by atoms with E-state index in [2.05, 4.69) is 206 Å². The van der Waals surface area contributed by atoms with Crippen LogP contribution in [0.15, 0.2) is 227 Å². The van der Waals surface area contributed by atoms with Gasteiger partial charge in [-0.1, -0.05) is 188 Å². The van der Waals surface area contributed by atoms with Crippen molar-refractivity contribution in [3.8, 4) is 44.5 Å². The van der Waals surface area contributed by atoms with Gasteiger partial charge >= 0.3 is 0 Å². The summed E-state index contributed by atoms with van der Waals surface area (Å²) in [5.74, 6) is 0. The molecule has 296 valence electrons. The molecule has 0 unspecified atom stereocenters. The maximum Gasteiger partial charge on any atom is 0.178 e. The predicted molar refractivity (Wildman–Crippen MR) is 270 cm³/mol. The molecule has 14 rings (SSSR count). The van der Waals surface area contributed by atoms with Crippen molar-refractivity contribution in [3.63, 3.8) is 0 Å². The Hall–Kier alpha value is -8.46. The Bertz CT molecular complexity index is 4200. The van der Waals surface area contributed by atoms with Gasteiger partial charge in [-0.3, -0.25) is 0 Å². The van der Waals surface area contributed by atoms with Crippen LogP contribution in [0.2, 0.25) is 0 Å². The Balaban J connectivity index is 0.996. The Morgan fingerprint density at radius 3 is 1.44 bits per heavy atom. The van der Waals surface area contributed by atoms with E-state index in [1.165, 1.54) is 87.6 Å². The maximum atomic E-state index is 6.84. The fourth-order valence-corrected chi connectivity index (χ4v) is 10.9. The zero-order valence-corrected chi connectivity index (χ0v) is 34.6. The summed E-state index contributed by atoms with van der Waals surface area (Å²) in [4.78, 5) is 0. The summed E-state index contributed by atoms with van der Waals surface area (Å²) >= 11 is 0. The monoisotopic (exact) mass is 812 g/mol. The minimum absolute atomic E-state index is 0.786. The van der Waals surface area contributed by atoms with Gasteiger partial charge in [0.15, 0.2) is 11.2 Å². The molecule has 2 aromatic heterocycles. The van der Waals surface area contributed by atoms with E-state index in [4.69, 9.17) is 8.83 Å². The number of furan rings is 2. The van der Waals surface area contributed by atoms with Crippen LogP contribution in [0, 0.1) is 0 Å². The van der Waals surface area contributed by atoms with Crippen molar-refractivity contribution in [2.75, 3.05) is 0 Å². The molecule has 2 heterocycles. The second kappa shape index (κ2) is 13.5. The van der Waals surface area contributed by atoms with Gasteiger partial charge in [0.25, 0.3) is 0 Å². The van der Waals surface area contributed by atoms with E-state index in [-0.39, 0.29) is 0 Å². The summed E-state index contributed by atoms with van der Waals surface area (Å²) in [6.45, 7) is 0. The fourth-order valence-electron chi connectivity index (χ4n) is 10.9. The standard InChI is InChI=1S/C62H36O2/c1-2-19-40-37(15-1)16-14-29-41(40)38-17-13-18-39(35-38)58-47-24-6-8-26-49(47)59(50-27-9-7-25-48(50)58)51-32-31-45(42-20-3-4-21-43(42)51)55-36-56-54-34-33-53-46-23-11-12-30-57(46)63-61(53)62(54)64-60(56)52-28-10-5-22-44(52)55/h1-36H. The number of benzene rings is 12. The quantitative estimate of drug-likeness (QED) is 0.166. The molecule has 0 atom stereocenters. The van der Waals surface area contributed by atoms with Gasteiger partial charge in [0.1, 0.15) is 11.2 Å². The predicted octanol–water partition coefficient (Wildman–Crippen LogP) is 17.9. The van der Waals surface area contributed by atoms with Crippen molar-refractivity contribution < 1.29 is 8.83 Å². The van der Waals surface area contributed by atoms with Crippen molar-refractivity contribution in [2.24, 2.45) is 0 Å². The third-order valence-electron chi connectivity index (χ3n) is 13.7. The van der Waals surface area contributed by atoms with Crippen molar-refractivity contribution >= 4 is 97.7 Å². The van der Waals surface area contributed by atoms with Gasteiger partial charge in [0.05, 0.1) is 0 Å². The van der Waals surface area contributed by atoms with Gasteiger partial charge in [-0.25, -0.2) is 0 Å². The zero-order chi connectivity index (χ0) is 41.9. The average molecular weight is 813 g/mol. The highest BCUT2D eigenvalue weighted by Gasteiger charge is 2.23. The average Bonchev–Trinajstić information content (AvgIpc) is 3.94. The first-order valence-corrected chi connectivity index (χ1v) is 22.0. The van der Waals surface area contributed by atoms with Gasteiger partial charge in [-0.05, 0) is 123 Å². The van der Waals surface area contributed by atoms with Crippen LogP contribution in [0.1, 0.15) is 0 Å². The van der Waals surface area contributed by atoms with E-state index in [0.29, 0.717) is 0 Å². The SMILES string of the molecule is c1cc(-c2cccc3ccccc23)cc(-c2c3ccccc3c(-c3ccc(-c4cc5c6ccc7c8ccccc8oc7c6oc5c5ccccc45)c4ccccc34)c3ccccc23)c1. The summed E-state index contributed by atoms with van der Waals surface area (Å²) in [7, 11) is 0. The molecule has 2 heteroatoms. The molecule has 14 aromatic rings. The first kappa shape index (κ1) is 35.2. The van der Waals surface area contributed by atoms with Crippen LogP contribution in [0.5, 0.6) is 0 Å². The summed E-state index contributed by atoms with van der Waals surface area (Å²) in [5, 5.41) is 16.4. The van der Waals surface area contributed by atoms with E-state index < -0.39 is 0 Å². The highest BCUT2D eigenvalue weighted by Crippen LogP contribution is 2.49. The molecule has 0 amide bonds. The molecule has 12 aromatic carbocycles. The van der Waals surface area contributed by atoms with Crippen LogP contribution in [0.3, 0.4) is 0 Å². The number of fused-ring (bicyclic) bond motifs is 13. The molecule has 64 heavy (non-hydrogen) atoms. The highest BCUT2D eigenvalue weighted by atomic mass is 16.4. The number of hydrogen-bond acceptors (Lipinski definition) is 2. The zero-order valence-electron chi connectivity index (χ0n) is 34.6. The van der Waals surface area contributed by atoms with Crippen LogP contribution in [-0.4, -0.2) is 0 Å². The maximum absolute atomic E-state index is 6.84. The van der Waals surface area contributed by atoms with Crippen LogP contribution in [0.25, 0.3) is 142 Å². The molecular weight excluding hydrogens is 777 g/mol. The summed E-state index contributed by atoms with van der Waals surface area (Å²) in [6.07, 6.45) is 0. The lowest BCUT2D eigenvalue weighted by Crippen LogP contribution is -1.93. The smallest absolute Gasteiger partial charge is 0.178 e. The molecule has 0 saturated heterocycles. The van der Waals surface area contributed by atoms with Crippen LogP contribution in [0.4, 0.5) is 0 Å². The Morgan fingerprint density at radius 2 is 0.703 bits per heavy atom. The molecular formula is C62H36O2. The van der Waals surface area contributed by atoms with Gasteiger partial charge in [-0.2, -0.15) is 0 Å². The van der Waals surface area contributed by atoms with E-state index in [0.717, 1.165) is 54.6 Å². The fraction of sp³-hybridized carbons (Fsp3) is 0. The topological polar surface area (TPSA) is 26.3 Å². The van der Waals surface area contributed by atoms with Crippen LogP contribution in [-0.2, 0) is 0 Å². The van der Waals surface area contributed by atoms with E-state index in [9.17, 15) is 0 Å². The third kappa shape index (κ3) is 5.02. The Labute approximate surface area is 367 Å². The second-order valence-corrected chi connectivity index (χ2v) is 17.0. The lowest BCUT2D eigenvalue weighted by Gasteiger charge is -2.20. The molecule has 0 radical (unpaired) electrons. The molecule has 0 fully saturated rings. The summed E-state index contributed by atoms with van der Waals surface area (Å²) in [5.41, 5.74) is 13.1. The minimum atomic E-state index is 0.786. The lowest BCUT2D eigenvalue weighted by atomic mass is 9.83. The second-order valence-electron chi connectivity index (χ2n) is 17.0. The first-order valence-electron chi connectivity index (χ1n) is 22.0. The molecule has 0 aliphatic carbocycles. The third-order valence-corrected chi connectivity index (χ3v) is 13.7. The lowest BCUT2D eigenvalue weighted by molar-refractivity contribution is 0.635. The number of rotatable bonds is 4. The van der Waals surface area contributed by atoms with Gasteiger partial charge in [0.2, 0.25) is 0 Å². The Morgan fingerprint density at radius 1 is 0.219 bits per heavy atom. The molecule has 0 spiro atoms. The van der Waals surface area contributed by atoms with Crippen LogP contribution < -0.4 is 0 Å². The van der Waals surface area contributed by atoms with Crippen molar-refractivity contribution in [1.29, 1.82) is 0 Å². The minimum Gasteiger partial charge on any atom is -0.452 e. The Kier molecular flexibility index (Phi) is 7.43. The normalized spacial score (nSPS) is 12.1. The molecule has 2 nitrogen and oxygen atoms in total. The van der Waals surface area contributed by atoms with E-state index in [1.807, 2.05) is 12.1 Å². The van der Waals surface area contributed by atoms with Crippen molar-refractivity contribution in [1.82, 2.24) is 0 Å². The molecule has 0 aliphatic heterocycles. The highest BCUT2D eigenvalue weighted by molar-refractivity contribution is 6.27. The molecule has 0 N–H and O–H groups in total. The van der Waals surface area contributed by atoms with Crippen molar-refractivity contribution in [3.05, 3.63) is 218 Å². The first-order chi connectivity index (χ1) is 31.8. The van der Waals surface area contributed by atoms with Gasteiger partial charge < -0.3 is 8.83 Å². The van der Waals surface area contributed by atoms with Crippen molar-refractivity contribution in [2.45, 2.75) is 0 Å². The molecule has 0 aliphatic rings. The van der Waals surface area contributed by atoms with Gasteiger partial charge in [0, 0.05) is 26.9 Å².